The summed E-state index contributed by atoms with van der Waals surface area (Å²) in [5.41, 5.74) is 0. The average molecular weight is 390 g/mol. The summed E-state index contributed by atoms with van der Waals surface area (Å²) in [6.45, 7) is 1.82. The molecular weight excluding hydrogens is 358 g/mol. The van der Waals surface area contributed by atoms with Crippen molar-refractivity contribution in [3.63, 3.8) is 0 Å². The average Bonchev–Trinajstić information content (AvgIpc) is 2.90. The third-order valence-corrected chi connectivity index (χ3v) is 6.04. The normalized spacial score (nSPS) is 31.1. The highest BCUT2D eigenvalue weighted by molar-refractivity contribution is 5.84. The third-order valence-electron chi connectivity index (χ3n) is 6.04. The predicted octanol–water partition coefficient (Wildman–Crippen LogP) is 4.31. The molecule has 156 valence electrons. The van der Waals surface area contributed by atoms with Gasteiger partial charge in [0, 0.05) is 31.6 Å². The number of rotatable bonds is 11. The molecule has 2 aliphatic rings. The number of unbranched alkanes of at least 4 members (excludes halogenated alkanes) is 4. The second-order valence-corrected chi connectivity index (χ2v) is 8.07. The number of hydrogen-bond acceptors (Lipinski definition) is 4. The van der Waals surface area contributed by atoms with Gasteiger partial charge in [0.15, 0.2) is 0 Å². The van der Waals surface area contributed by atoms with Crippen LogP contribution in [0.25, 0.3) is 0 Å². The van der Waals surface area contributed by atoms with Gasteiger partial charge in [0.25, 0.3) is 0 Å². The fourth-order valence-electron chi connectivity index (χ4n) is 4.42. The number of carbonyl (C=O) groups is 2. The van der Waals surface area contributed by atoms with Crippen LogP contribution in [0, 0.1) is 11.8 Å². The van der Waals surface area contributed by atoms with Crippen molar-refractivity contribution in [3.05, 3.63) is 0 Å². The van der Waals surface area contributed by atoms with Gasteiger partial charge >= 0.3 is 11.9 Å². The van der Waals surface area contributed by atoms with E-state index < -0.39 is 30.2 Å². The van der Waals surface area contributed by atoms with Gasteiger partial charge in [-0.2, -0.15) is 0 Å². The van der Waals surface area contributed by atoms with E-state index in [9.17, 15) is 23.5 Å². The summed E-state index contributed by atoms with van der Waals surface area (Å²) in [5, 5.41) is 19.1. The first-order chi connectivity index (χ1) is 12.7. The van der Waals surface area contributed by atoms with E-state index >= 15 is 0 Å². The Morgan fingerprint density at radius 3 is 2.63 bits per heavy atom. The van der Waals surface area contributed by atoms with Crippen LogP contribution in [0.1, 0.15) is 84.0 Å². The van der Waals surface area contributed by atoms with Crippen LogP contribution in [0.15, 0.2) is 0 Å². The Morgan fingerprint density at radius 2 is 1.96 bits per heavy atom. The van der Waals surface area contributed by atoms with Gasteiger partial charge in [-0.05, 0) is 31.6 Å². The molecule has 0 amide bonds. The zero-order chi connectivity index (χ0) is 20.1. The molecular formula is C20H32F2O5. The van der Waals surface area contributed by atoms with Gasteiger partial charge in [-0.15, -0.1) is 0 Å². The lowest BCUT2D eigenvalue weighted by Gasteiger charge is -2.43. The Kier molecular flexibility index (Phi) is 7.74. The van der Waals surface area contributed by atoms with Crippen molar-refractivity contribution in [1.29, 1.82) is 0 Å². The largest absolute Gasteiger partial charge is 0.481 e. The number of alkyl halides is 2. The lowest BCUT2D eigenvalue weighted by Crippen LogP contribution is -2.55. The summed E-state index contributed by atoms with van der Waals surface area (Å²) < 4.78 is 34.3. The maximum Gasteiger partial charge on any atom is 0.303 e. The molecule has 2 unspecified atom stereocenters. The van der Waals surface area contributed by atoms with Crippen LogP contribution in [0.3, 0.4) is 0 Å². The van der Waals surface area contributed by atoms with E-state index in [1.165, 1.54) is 0 Å². The number of aliphatic hydroxyl groups is 1. The van der Waals surface area contributed by atoms with Gasteiger partial charge in [0.05, 0.1) is 6.10 Å². The summed E-state index contributed by atoms with van der Waals surface area (Å²) in [6.07, 6.45) is 4.17. The molecule has 1 heterocycles. The van der Waals surface area contributed by atoms with E-state index in [0.717, 1.165) is 19.3 Å². The molecule has 2 N–H and O–H groups in total. The topological polar surface area (TPSA) is 83.8 Å². The molecule has 1 saturated carbocycles. The molecule has 27 heavy (non-hydrogen) atoms. The highest BCUT2D eigenvalue weighted by Crippen LogP contribution is 2.49. The van der Waals surface area contributed by atoms with Crippen LogP contribution in [0.2, 0.25) is 0 Å². The molecule has 2 rings (SSSR count). The molecule has 1 aliphatic carbocycles. The third kappa shape index (κ3) is 5.47. The van der Waals surface area contributed by atoms with Crippen molar-refractivity contribution in [1.82, 2.24) is 0 Å². The molecule has 1 saturated heterocycles. The second-order valence-electron chi connectivity index (χ2n) is 8.07. The smallest absolute Gasteiger partial charge is 0.303 e. The van der Waals surface area contributed by atoms with E-state index in [0.29, 0.717) is 32.1 Å². The first-order valence-corrected chi connectivity index (χ1v) is 10.2. The number of halogens is 2. The van der Waals surface area contributed by atoms with Crippen molar-refractivity contribution in [2.24, 2.45) is 11.8 Å². The minimum absolute atomic E-state index is 0.0386. The highest BCUT2D eigenvalue weighted by Gasteiger charge is 2.59. The standard InChI is InChI=1S/C20H32F2O5/c1-2-3-11-19(21,22)20(26)12-10-15-14(16(23)13-17(15)27-20)8-6-4-5-7-9-18(24)25/h14-15,17,26H,2-13H2,1H3,(H,24,25)/t14?,15-,17-,20?/m1/s1. The van der Waals surface area contributed by atoms with E-state index in [1.54, 1.807) is 0 Å². The SMILES string of the molecule is CCCCC(F)(F)C1(O)CC[C@@H]2C(CCCCCCC(=O)O)C(=O)C[C@H]2O1. The number of ether oxygens (including phenoxy) is 1. The minimum atomic E-state index is -3.31. The number of fused-ring (bicyclic) bond motifs is 1. The molecule has 0 aromatic rings. The summed E-state index contributed by atoms with van der Waals surface area (Å²) >= 11 is 0. The van der Waals surface area contributed by atoms with Gasteiger partial charge in [0.2, 0.25) is 5.79 Å². The molecule has 1 aliphatic heterocycles. The Labute approximate surface area is 159 Å². The van der Waals surface area contributed by atoms with Crippen molar-refractivity contribution in [2.45, 2.75) is 102 Å². The quantitative estimate of drug-likeness (QED) is 0.514. The highest BCUT2D eigenvalue weighted by atomic mass is 19.3. The number of hydrogen-bond donors (Lipinski definition) is 2. The molecule has 0 aromatic carbocycles. The minimum Gasteiger partial charge on any atom is -0.481 e. The maximum atomic E-state index is 14.4. The maximum absolute atomic E-state index is 14.4. The van der Waals surface area contributed by atoms with E-state index in [4.69, 9.17) is 9.84 Å². The molecule has 0 aromatic heterocycles. The van der Waals surface area contributed by atoms with Gasteiger partial charge in [-0.25, -0.2) is 8.78 Å². The Bertz CT molecular complexity index is 525. The summed E-state index contributed by atoms with van der Waals surface area (Å²) in [6, 6.07) is 0. The number of Topliss-reactive ketones (excluding diaryl/α,β-unsaturated/α-hetero) is 1. The van der Waals surface area contributed by atoms with Gasteiger partial charge in [0.1, 0.15) is 5.78 Å². The summed E-state index contributed by atoms with van der Waals surface area (Å²) in [4.78, 5) is 22.8. The van der Waals surface area contributed by atoms with Gasteiger partial charge in [-0.1, -0.05) is 32.6 Å². The van der Waals surface area contributed by atoms with Crippen LogP contribution in [-0.4, -0.2) is 39.8 Å². The van der Waals surface area contributed by atoms with Gasteiger partial charge in [-0.3, -0.25) is 9.59 Å². The first-order valence-electron chi connectivity index (χ1n) is 10.2. The van der Waals surface area contributed by atoms with Crippen molar-refractivity contribution >= 4 is 11.8 Å². The van der Waals surface area contributed by atoms with Crippen molar-refractivity contribution < 1.29 is 33.3 Å². The van der Waals surface area contributed by atoms with Crippen LogP contribution >= 0.6 is 0 Å². The molecule has 5 nitrogen and oxygen atoms in total. The Hall–Kier alpha value is -1.08. The van der Waals surface area contributed by atoms with Crippen LogP contribution in [0.5, 0.6) is 0 Å². The van der Waals surface area contributed by atoms with E-state index in [2.05, 4.69) is 0 Å². The van der Waals surface area contributed by atoms with E-state index in [1.807, 2.05) is 6.92 Å². The first kappa shape index (κ1) is 22.2. The number of ketones is 1. The van der Waals surface area contributed by atoms with Crippen molar-refractivity contribution in [3.8, 4) is 0 Å². The van der Waals surface area contributed by atoms with Crippen LogP contribution in [0.4, 0.5) is 8.78 Å². The fourth-order valence-corrected chi connectivity index (χ4v) is 4.42. The number of carboxylic acids is 1. The Morgan fingerprint density at radius 1 is 1.26 bits per heavy atom. The second kappa shape index (κ2) is 9.41. The molecule has 0 bridgehead atoms. The van der Waals surface area contributed by atoms with Crippen molar-refractivity contribution in [2.75, 3.05) is 0 Å². The molecule has 7 heteroatoms. The molecule has 0 spiro atoms. The molecule has 0 radical (unpaired) electrons. The molecule has 4 atom stereocenters. The lowest BCUT2D eigenvalue weighted by atomic mass is 9.81. The lowest BCUT2D eigenvalue weighted by molar-refractivity contribution is -0.356. The number of aliphatic carboxylic acids is 1. The Balaban J connectivity index is 1.84. The predicted molar refractivity (Wildman–Crippen MR) is 95.5 cm³/mol. The summed E-state index contributed by atoms with van der Waals surface area (Å²) in [5.74, 6) is -6.82. The van der Waals surface area contributed by atoms with Gasteiger partial charge < -0.3 is 14.9 Å². The zero-order valence-electron chi connectivity index (χ0n) is 16.1. The van der Waals surface area contributed by atoms with Crippen LogP contribution < -0.4 is 0 Å². The monoisotopic (exact) mass is 390 g/mol. The number of carbonyl (C=O) groups excluding carboxylic acids is 1. The fraction of sp³-hybridized carbons (Fsp3) is 0.900. The number of carboxylic acid groups (broad SMARTS) is 1. The van der Waals surface area contributed by atoms with Crippen LogP contribution in [-0.2, 0) is 14.3 Å². The zero-order valence-corrected chi connectivity index (χ0v) is 16.1. The van der Waals surface area contributed by atoms with E-state index in [-0.39, 0.29) is 36.9 Å². The molecule has 2 fully saturated rings. The summed E-state index contributed by atoms with van der Waals surface area (Å²) in [7, 11) is 0.